The number of aliphatic imine (C=N–C) groups is 1. The zero-order chi connectivity index (χ0) is 10.7. The molecule has 1 saturated carbocycles. The third-order valence-corrected chi connectivity index (χ3v) is 4.58. The Morgan fingerprint density at radius 1 is 1.40 bits per heavy atom. The van der Waals surface area contributed by atoms with Crippen molar-refractivity contribution >= 4 is 16.9 Å². The minimum atomic E-state index is 0.521. The Morgan fingerprint density at radius 3 is 2.73 bits per heavy atom. The summed E-state index contributed by atoms with van der Waals surface area (Å²) < 4.78 is 0. The number of rotatable bonds is 2. The standard InChI is InChI=1S/C12H22N2S/c1-10-8-13-11(15-10)14-9-12(2)6-4-3-5-7-12/h10H,3-9H2,1-2H3,(H,13,14). The van der Waals surface area contributed by atoms with E-state index >= 15 is 0 Å². The summed E-state index contributed by atoms with van der Waals surface area (Å²) in [5.41, 5.74) is 0.521. The molecule has 2 aliphatic rings. The number of hydrogen-bond acceptors (Lipinski definition) is 3. The van der Waals surface area contributed by atoms with Crippen LogP contribution in [0.15, 0.2) is 4.99 Å². The highest BCUT2D eigenvalue weighted by atomic mass is 32.2. The van der Waals surface area contributed by atoms with Crippen LogP contribution >= 0.6 is 11.8 Å². The first-order valence-corrected chi connectivity index (χ1v) is 7.01. The Kier molecular flexibility index (Phi) is 3.60. The second-order valence-electron chi connectivity index (χ2n) is 5.30. The van der Waals surface area contributed by atoms with E-state index in [0.29, 0.717) is 10.7 Å². The van der Waals surface area contributed by atoms with E-state index in [9.17, 15) is 0 Å². The van der Waals surface area contributed by atoms with Crippen LogP contribution in [0.25, 0.3) is 0 Å². The molecule has 0 saturated heterocycles. The summed E-state index contributed by atoms with van der Waals surface area (Å²) in [4.78, 5) is 4.50. The van der Waals surface area contributed by atoms with Crippen LogP contribution in [0.4, 0.5) is 0 Å². The van der Waals surface area contributed by atoms with E-state index in [0.717, 1.165) is 13.1 Å². The van der Waals surface area contributed by atoms with E-state index in [-0.39, 0.29) is 0 Å². The van der Waals surface area contributed by atoms with Gasteiger partial charge < -0.3 is 5.32 Å². The fourth-order valence-electron chi connectivity index (χ4n) is 2.45. The highest BCUT2D eigenvalue weighted by Gasteiger charge is 2.27. The molecule has 1 fully saturated rings. The van der Waals surface area contributed by atoms with Crippen LogP contribution in [-0.4, -0.2) is 23.5 Å². The average molecular weight is 226 g/mol. The summed E-state index contributed by atoms with van der Waals surface area (Å²) in [6, 6.07) is 0. The normalized spacial score (nSPS) is 30.0. The zero-order valence-corrected chi connectivity index (χ0v) is 10.7. The molecule has 1 aliphatic carbocycles. The summed E-state index contributed by atoms with van der Waals surface area (Å²) in [5, 5.41) is 5.38. The molecule has 2 nitrogen and oxygen atoms in total. The van der Waals surface area contributed by atoms with Crippen molar-refractivity contribution in [3.8, 4) is 0 Å². The van der Waals surface area contributed by atoms with Gasteiger partial charge in [-0.05, 0) is 18.3 Å². The van der Waals surface area contributed by atoms with Crippen LogP contribution in [0.2, 0.25) is 0 Å². The summed E-state index contributed by atoms with van der Waals surface area (Å²) in [7, 11) is 0. The van der Waals surface area contributed by atoms with Gasteiger partial charge >= 0.3 is 0 Å². The molecule has 1 atom stereocenters. The van der Waals surface area contributed by atoms with Crippen molar-refractivity contribution in [1.29, 1.82) is 0 Å². The Hall–Kier alpha value is -0.180. The summed E-state index contributed by atoms with van der Waals surface area (Å²) in [5.74, 6) is 0. The lowest BCUT2D eigenvalue weighted by Crippen LogP contribution is -2.35. The fraction of sp³-hybridized carbons (Fsp3) is 0.917. The Balaban J connectivity index is 1.77. The van der Waals surface area contributed by atoms with Gasteiger partial charge in [-0.25, -0.2) is 0 Å². The zero-order valence-electron chi connectivity index (χ0n) is 9.88. The number of nitrogens with zero attached hydrogens (tertiary/aromatic N) is 1. The van der Waals surface area contributed by atoms with Gasteiger partial charge in [-0.2, -0.15) is 0 Å². The minimum Gasteiger partial charge on any atom is -0.364 e. The smallest absolute Gasteiger partial charge is 0.156 e. The van der Waals surface area contributed by atoms with Gasteiger partial charge in [0.15, 0.2) is 5.17 Å². The molecule has 86 valence electrons. The molecule has 1 aliphatic heterocycles. The first-order valence-electron chi connectivity index (χ1n) is 6.13. The van der Waals surface area contributed by atoms with Gasteiger partial charge in [-0.3, -0.25) is 4.99 Å². The van der Waals surface area contributed by atoms with Crippen LogP contribution in [-0.2, 0) is 0 Å². The van der Waals surface area contributed by atoms with Gasteiger partial charge in [0.05, 0.1) is 6.54 Å². The average Bonchev–Trinajstić information content (AvgIpc) is 2.63. The van der Waals surface area contributed by atoms with E-state index in [4.69, 9.17) is 0 Å². The molecular formula is C12H22N2S. The van der Waals surface area contributed by atoms with Crippen LogP contribution < -0.4 is 5.32 Å². The molecule has 0 spiro atoms. The van der Waals surface area contributed by atoms with Gasteiger partial charge in [0.25, 0.3) is 0 Å². The van der Waals surface area contributed by atoms with Crippen LogP contribution in [0.1, 0.15) is 46.0 Å². The Labute approximate surface area is 97.3 Å². The van der Waals surface area contributed by atoms with Crippen molar-refractivity contribution in [2.45, 2.75) is 51.2 Å². The molecule has 0 aromatic rings. The Bertz CT molecular complexity index is 244. The molecule has 3 heteroatoms. The number of nitrogens with one attached hydrogen (secondary N) is 1. The van der Waals surface area contributed by atoms with Crippen LogP contribution in [0.3, 0.4) is 0 Å². The lowest BCUT2D eigenvalue weighted by Gasteiger charge is -2.33. The molecule has 0 aromatic heterocycles. The molecule has 1 unspecified atom stereocenters. The van der Waals surface area contributed by atoms with Crippen molar-refractivity contribution in [2.75, 3.05) is 13.1 Å². The van der Waals surface area contributed by atoms with E-state index in [1.807, 2.05) is 11.8 Å². The fourth-order valence-corrected chi connectivity index (χ4v) is 3.28. The quantitative estimate of drug-likeness (QED) is 0.782. The van der Waals surface area contributed by atoms with Crippen molar-refractivity contribution in [3.63, 3.8) is 0 Å². The van der Waals surface area contributed by atoms with Crippen molar-refractivity contribution in [1.82, 2.24) is 5.32 Å². The van der Waals surface area contributed by atoms with E-state index in [1.54, 1.807) is 0 Å². The number of hydrogen-bond donors (Lipinski definition) is 1. The molecule has 0 bridgehead atoms. The second kappa shape index (κ2) is 4.77. The third-order valence-electron chi connectivity index (χ3n) is 3.53. The lowest BCUT2D eigenvalue weighted by atomic mass is 9.76. The third kappa shape index (κ3) is 3.13. The maximum atomic E-state index is 4.50. The largest absolute Gasteiger partial charge is 0.364 e. The molecule has 1 N–H and O–H groups in total. The van der Waals surface area contributed by atoms with Crippen molar-refractivity contribution in [3.05, 3.63) is 0 Å². The number of thioether (sulfide) groups is 1. The summed E-state index contributed by atoms with van der Waals surface area (Å²) in [6.07, 6.45) is 7.02. The Morgan fingerprint density at radius 2 is 2.13 bits per heavy atom. The number of amidine groups is 1. The molecule has 2 rings (SSSR count). The highest BCUT2D eigenvalue weighted by molar-refractivity contribution is 8.14. The van der Waals surface area contributed by atoms with E-state index in [1.165, 1.54) is 37.3 Å². The first-order chi connectivity index (χ1) is 7.18. The van der Waals surface area contributed by atoms with Gasteiger partial charge in [0.1, 0.15) is 0 Å². The summed E-state index contributed by atoms with van der Waals surface area (Å²) >= 11 is 1.89. The van der Waals surface area contributed by atoms with Gasteiger partial charge in [0, 0.05) is 11.8 Å². The van der Waals surface area contributed by atoms with Crippen molar-refractivity contribution < 1.29 is 0 Å². The molecule has 15 heavy (non-hydrogen) atoms. The summed E-state index contributed by atoms with van der Waals surface area (Å²) in [6.45, 7) is 6.77. The van der Waals surface area contributed by atoms with Crippen molar-refractivity contribution in [2.24, 2.45) is 10.4 Å². The lowest BCUT2D eigenvalue weighted by molar-refractivity contribution is 0.218. The minimum absolute atomic E-state index is 0.521. The second-order valence-corrected chi connectivity index (χ2v) is 6.73. The van der Waals surface area contributed by atoms with E-state index < -0.39 is 0 Å². The molecule has 0 radical (unpaired) electrons. The molecular weight excluding hydrogens is 204 g/mol. The van der Waals surface area contributed by atoms with Crippen LogP contribution in [0.5, 0.6) is 0 Å². The maximum absolute atomic E-state index is 4.50. The monoisotopic (exact) mass is 226 g/mol. The molecule has 1 heterocycles. The van der Waals surface area contributed by atoms with Gasteiger partial charge in [-0.15, -0.1) is 0 Å². The first kappa shape index (κ1) is 11.3. The van der Waals surface area contributed by atoms with Gasteiger partial charge in [-0.1, -0.05) is 44.9 Å². The topological polar surface area (TPSA) is 24.4 Å². The highest BCUT2D eigenvalue weighted by Crippen LogP contribution is 2.35. The maximum Gasteiger partial charge on any atom is 0.156 e. The predicted molar refractivity (Wildman–Crippen MR) is 68.5 cm³/mol. The van der Waals surface area contributed by atoms with Gasteiger partial charge in [0.2, 0.25) is 0 Å². The van der Waals surface area contributed by atoms with Crippen LogP contribution in [0, 0.1) is 5.41 Å². The van der Waals surface area contributed by atoms with E-state index in [2.05, 4.69) is 24.2 Å². The SMILES string of the molecule is CC1CN=C(NCC2(C)CCCCC2)S1. The molecule has 0 amide bonds. The predicted octanol–water partition coefficient (Wildman–Crippen LogP) is 3.04. The molecule has 0 aromatic carbocycles.